The van der Waals surface area contributed by atoms with Crippen LogP contribution in [0.2, 0.25) is 0 Å². The van der Waals surface area contributed by atoms with Crippen molar-refractivity contribution in [1.29, 1.82) is 0 Å². The fourth-order valence-corrected chi connectivity index (χ4v) is 2.44. The zero-order chi connectivity index (χ0) is 15.4. The number of benzene rings is 1. The van der Waals surface area contributed by atoms with E-state index in [1.807, 2.05) is 37.2 Å². The summed E-state index contributed by atoms with van der Waals surface area (Å²) in [6.07, 6.45) is 4.41. The number of aliphatic carboxylic acids is 1. The zero-order valence-corrected chi connectivity index (χ0v) is 12.2. The Hall–Kier alpha value is -2.30. The molecule has 0 aromatic heterocycles. The van der Waals surface area contributed by atoms with Crippen molar-refractivity contribution >= 4 is 23.3 Å². The molecular weight excluding hydrogens is 268 g/mol. The van der Waals surface area contributed by atoms with Gasteiger partial charge in [-0.25, -0.2) is 0 Å². The van der Waals surface area contributed by atoms with Crippen LogP contribution in [-0.4, -0.2) is 26.0 Å². The van der Waals surface area contributed by atoms with E-state index in [0.29, 0.717) is 18.5 Å². The molecule has 2 atom stereocenters. The normalized spacial score (nSPS) is 20.9. The Morgan fingerprint density at radius 1 is 1.10 bits per heavy atom. The van der Waals surface area contributed by atoms with Crippen molar-refractivity contribution in [2.45, 2.75) is 12.8 Å². The van der Waals surface area contributed by atoms with E-state index in [-0.39, 0.29) is 5.91 Å². The van der Waals surface area contributed by atoms with Gasteiger partial charge in [-0.1, -0.05) is 12.2 Å². The lowest BCUT2D eigenvalue weighted by atomic mass is 9.82. The molecule has 112 valence electrons. The number of hydrogen-bond donors (Lipinski definition) is 1. The summed E-state index contributed by atoms with van der Waals surface area (Å²) in [7, 11) is 3.87. The lowest BCUT2D eigenvalue weighted by Crippen LogP contribution is -2.41. The van der Waals surface area contributed by atoms with Crippen molar-refractivity contribution in [3.05, 3.63) is 36.4 Å². The average molecular weight is 287 g/mol. The Balaban J connectivity index is 2.06. The van der Waals surface area contributed by atoms with Gasteiger partial charge in [0.05, 0.1) is 5.92 Å². The van der Waals surface area contributed by atoms with Gasteiger partial charge in [0.15, 0.2) is 0 Å². The Labute approximate surface area is 124 Å². The first-order valence-electron chi connectivity index (χ1n) is 6.93. The minimum absolute atomic E-state index is 0.272. The molecule has 0 saturated heterocycles. The molecule has 1 aromatic carbocycles. The van der Waals surface area contributed by atoms with Crippen molar-refractivity contribution in [3.63, 3.8) is 0 Å². The molecule has 2 rings (SSSR count). The summed E-state index contributed by atoms with van der Waals surface area (Å²) in [5.41, 5.74) is 1.69. The molecule has 21 heavy (non-hydrogen) atoms. The van der Waals surface area contributed by atoms with Gasteiger partial charge in [0, 0.05) is 37.4 Å². The third-order valence-electron chi connectivity index (χ3n) is 3.72. The van der Waals surface area contributed by atoms with Crippen LogP contribution in [0.25, 0.3) is 0 Å². The maximum atomic E-state index is 12.3. The van der Waals surface area contributed by atoms with E-state index in [1.54, 1.807) is 18.2 Å². The molecule has 0 radical (unpaired) electrons. The number of carboxylic acid groups (broad SMARTS) is 1. The summed E-state index contributed by atoms with van der Waals surface area (Å²) in [6.45, 7) is 0. The number of rotatable bonds is 4. The number of nitrogens with one attached hydrogen (secondary N) is 1. The van der Waals surface area contributed by atoms with Gasteiger partial charge in [-0.15, -0.1) is 0 Å². The van der Waals surface area contributed by atoms with Crippen LogP contribution in [0.1, 0.15) is 12.8 Å². The van der Waals surface area contributed by atoms with Crippen LogP contribution in [0.15, 0.2) is 36.4 Å². The molecule has 1 aliphatic rings. The van der Waals surface area contributed by atoms with Crippen LogP contribution in [-0.2, 0) is 9.59 Å². The van der Waals surface area contributed by atoms with Gasteiger partial charge in [-0.3, -0.25) is 4.79 Å². The minimum atomic E-state index is -1.16. The van der Waals surface area contributed by atoms with Crippen LogP contribution in [0.3, 0.4) is 0 Å². The van der Waals surface area contributed by atoms with E-state index in [0.717, 1.165) is 5.69 Å². The average Bonchev–Trinajstić information content (AvgIpc) is 2.47. The second kappa shape index (κ2) is 6.43. The molecule has 1 aromatic rings. The largest absolute Gasteiger partial charge is 0.550 e. The van der Waals surface area contributed by atoms with E-state index in [1.165, 1.54) is 0 Å². The third kappa shape index (κ3) is 3.62. The summed E-state index contributed by atoms with van der Waals surface area (Å²) in [6, 6.07) is 7.40. The maximum absolute atomic E-state index is 12.3. The second-order valence-corrected chi connectivity index (χ2v) is 5.41. The Bertz CT molecular complexity index is 549. The van der Waals surface area contributed by atoms with Gasteiger partial charge in [-0.2, -0.15) is 0 Å². The number of allylic oxidation sites excluding steroid dienone is 2. The highest BCUT2D eigenvalue weighted by Gasteiger charge is 2.29. The number of carboxylic acids is 1. The van der Waals surface area contributed by atoms with Crippen molar-refractivity contribution in [3.8, 4) is 0 Å². The summed E-state index contributed by atoms with van der Waals surface area (Å²) < 4.78 is 0. The summed E-state index contributed by atoms with van der Waals surface area (Å²) in [5.74, 6) is -2.77. The van der Waals surface area contributed by atoms with Crippen LogP contribution < -0.4 is 15.3 Å². The number of hydrogen-bond acceptors (Lipinski definition) is 4. The van der Waals surface area contributed by atoms with Gasteiger partial charge in [0.25, 0.3) is 0 Å². The summed E-state index contributed by atoms with van der Waals surface area (Å²) in [5, 5.41) is 13.9. The molecular formula is C16H19N2O3-. The Kier molecular flexibility index (Phi) is 4.62. The van der Waals surface area contributed by atoms with E-state index < -0.39 is 17.8 Å². The number of anilines is 2. The first-order valence-corrected chi connectivity index (χ1v) is 6.93. The predicted octanol–water partition coefficient (Wildman–Crippen LogP) is 1.02. The Morgan fingerprint density at radius 2 is 1.67 bits per heavy atom. The first-order chi connectivity index (χ1) is 9.99. The van der Waals surface area contributed by atoms with Crippen LogP contribution in [0.4, 0.5) is 11.4 Å². The van der Waals surface area contributed by atoms with Crippen molar-refractivity contribution in [2.75, 3.05) is 24.3 Å². The van der Waals surface area contributed by atoms with Crippen molar-refractivity contribution < 1.29 is 14.7 Å². The van der Waals surface area contributed by atoms with E-state index >= 15 is 0 Å². The summed E-state index contributed by atoms with van der Waals surface area (Å²) >= 11 is 0. The molecule has 1 aliphatic carbocycles. The molecule has 0 heterocycles. The highest BCUT2D eigenvalue weighted by atomic mass is 16.4. The highest BCUT2D eigenvalue weighted by molar-refractivity contribution is 5.95. The zero-order valence-electron chi connectivity index (χ0n) is 12.2. The second-order valence-electron chi connectivity index (χ2n) is 5.41. The maximum Gasteiger partial charge on any atom is 0.228 e. The SMILES string of the molecule is CN(C)c1ccc(NC(=O)[C@H]2CC=CC[C@@H]2C(=O)[O-])cc1. The lowest BCUT2D eigenvalue weighted by Gasteiger charge is -2.28. The molecule has 0 unspecified atom stereocenters. The number of nitrogens with zero attached hydrogens (tertiary/aromatic N) is 1. The first kappa shape index (κ1) is 15.1. The number of carbonyl (C=O) groups excluding carboxylic acids is 2. The van der Waals surface area contributed by atoms with Crippen LogP contribution in [0.5, 0.6) is 0 Å². The minimum Gasteiger partial charge on any atom is -0.550 e. The van der Waals surface area contributed by atoms with Gasteiger partial charge < -0.3 is 20.1 Å². The number of carbonyl (C=O) groups is 2. The van der Waals surface area contributed by atoms with E-state index in [4.69, 9.17) is 0 Å². The highest BCUT2D eigenvalue weighted by Crippen LogP contribution is 2.27. The molecule has 1 amide bonds. The molecule has 5 nitrogen and oxygen atoms in total. The standard InChI is InChI=1S/C16H20N2O3/c1-18(2)12-9-7-11(8-10-12)17-15(19)13-5-3-4-6-14(13)16(20)21/h3-4,7-10,13-14H,5-6H2,1-2H3,(H,17,19)(H,20,21)/p-1/t13-,14-/m0/s1. The van der Waals surface area contributed by atoms with Gasteiger partial charge in [-0.05, 0) is 37.1 Å². The third-order valence-corrected chi connectivity index (χ3v) is 3.72. The molecule has 5 heteroatoms. The molecule has 1 N–H and O–H groups in total. The van der Waals surface area contributed by atoms with Gasteiger partial charge in [0.2, 0.25) is 5.91 Å². The molecule has 0 spiro atoms. The lowest BCUT2D eigenvalue weighted by molar-refractivity contribution is -0.313. The fraction of sp³-hybridized carbons (Fsp3) is 0.375. The quantitative estimate of drug-likeness (QED) is 0.839. The smallest absolute Gasteiger partial charge is 0.228 e. The fourth-order valence-electron chi connectivity index (χ4n) is 2.44. The van der Waals surface area contributed by atoms with Crippen LogP contribution >= 0.6 is 0 Å². The molecule has 0 saturated carbocycles. The topological polar surface area (TPSA) is 72.5 Å². The summed E-state index contributed by atoms with van der Waals surface area (Å²) in [4.78, 5) is 25.3. The van der Waals surface area contributed by atoms with Gasteiger partial charge >= 0.3 is 0 Å². The van der Waals surface area contributed by atoms with E-state index in [2.05, 4.69) is 5.32 Å². The predicted molar refractivity (Wildman–Crippen MR) is 79.8 cm³/mol. The van der Waals surface area contributed by atoms with Gasteiger partial charge in [0.1, 0.15) is 0 Å². The number of amides is 1. The molecule has 0 aliphatic heterocycles. The Morgan fingerprint density at radius 3 is 2.19 bits per heavy atom. The van der Waals surface area contributed by atoms with E-state index in [9.17, 15) is 14.7 Å². The van der Waals surface area contributed by atoms with Crippen LogP contribution in [0, 0.1) is 11.8 Å². The molecule has 0 fully saturated rings. The monoisotopic (exact) mass is 287 g/mol. The molecule has 0 bridgehead atoms. The van der Waals surface area contributed by atoms with Crippen molar-refractivity contribution in [1.82, 2.24) is 0 Å². The van der Waals surface area contributed by atoms with Crippen molar-refractivity contribution in [2.24, 2.45) is 11.8 Å².